The molecule has 3 heteroatoms. The van der Waals surface area contributed by atoms with E-state index in [9.17, 15) is 0 Å². The normalized spacial score (nSPS) is 14.6. The Bertz CT molecular complexity index is 623. The van der Waals surface area contributed by atoms with E-state index in [4.69, 9.17) is 5.10 Å². The third kappa shape index (κ3) is 3.35. The molecule has 3 rings (SSSR count). The Morgan fingerprint density at radius 2 is 2.05 bits per heavy atom. The summed E-state index contributed by atoms with van der Waals surface area (Å²) in [5, 5.41) is 8.33. The molecule has 0 bridgehead atoms. The molecule has 0 atom stereocenters. The van der Waals surface area contributed by atoms with E-state index in [0.29, 0.717) is 0 Å². The van der Waals surface area contributed by atoms with Crippen molar-refractivity contribution >= 4 is 0 Å². The van der Waals surface area contributed by atoms with Crippen LogP contribution in [-0.2, 0) is 6.42 Å². The Morgan fingerprint density at radius 1 is 1.24 bits per heavy atom. The summed E-state index contributed by atoms with van der Waals surface area (Å²) in [7, 11) is 0. The molecule has 0 spiro atoms. The summed E-state index contributed by atoms with van der Waals surface area (Å²) in [6.45, 7) is 7.56. The van der Waals surface area contributed by atoms with Gasteiger partial charge in [0.05, 0.1) is 11.4 Å². The molecule has 21 heavy (non-hydrogen) atoms. The van der Waals surface area contributed by atoms with Gasteiger partial charge in [0.25, 0.3) is 0 Å². The maximum atomic E-state index is 4.74. The fraction of sp³-hybridized carbons (Fsp3) is 0.500. The van der Waals surface area contributed by atoms with Gasteiger partial charge in [0.15, 0.2) is 0 Å². The first kappa shape index (κ1) is 14.3. The highest BCUT2D eigenvalue weighted by Crippen LogP contribution is 2.21. The van der Waals surface area contributed by atoms with E-state index >= 15 is 0 Å². The minimum Gasteiger partial charge on any atom is -0.314 e. The largest absolute Gasteiger partial charge is 0.314 e. The van der Waals surface area contributed by atoms with Gasteiger partial charge in [-0.15, -0.1) is 0 Å². The minimum atomic E-state index is 0.808. The summed E-state index contributed by atoms with van der Waals surface area (Å²) in [5.41, 5.74) is 6.30. The second-order valence-corrected chi connectivity index (χ2v) is 6.23. The maximum Gasteiger partial charge on any atom is 0.0651 e. The van der Waals surface area contributed by atoms with Crippen LogP contribution in [-0.4, -0.2) is 22.4 Å². The molecule has 0 aliphatic heterocycles. The van der Waals surface area contributed by atoms with Crippen molar-refractivity contribution in [2.45, 2.75) is 52.5 Å². The van der Waals surface area contributed by atoms with E-state index in [2.05, 4.69) is 55.0 Å². The highest BCUT2D eigenvalue weighted by Gasteiger charge is 2.19. The number of aryl methyl sites for hydroxylation is 2. The molecule has 1 aromatic heterocycles. The monoisotopic (exact) mass is 283 g/mol. The summed E-state index contributed by atoms with van der Waals surface area (Å²) >= 11 is 0. The minimum absolute atomic E-state index is 0.808. The molecule has 1 heterocycles. The van der Waals surface area contributed by atoms with Gasteiger partial charge < -0.3 is 5.32 Å². The topological polar surface area (TPSA) is 29.9 Å². The van der Waals surface area contributed by atoms with Gasteiger partial charge in [-0.1, -0.05) is 12.1 Å². The summed E-state index contributed by atoms with van der Waals surface area (Å²) in [6.07, 6.45) is 5.04. The number of rotatable bonds is 6. The van der Waals surface area contributed by atoms with Crippen LogP contribution in [0.15, 0.2) is 24.3 Å². The molecule has 0 radical (unpaired) electrons. The Balaban J connectivity index is 1.72. The summed E-state index contributed by atoms with van der Waals surface area (Å²) in [5.74, 6) is 0. The second-order valence-electron chi connectivity index (χ2n) is 6.23. The van der Waals surface area contributed by atoms with Crippen molar-refractivity contribution < 1.29 is 0 Å². The summed E-state index contributed by atoms with van der Waals surface area (Å²) in [4.78, 5) is 0. The number of benzene rings is 1. The molecule has 1 aliphatic carbocycles. The predicted octanol–water partition coefficient (Wildman–Crippen LogP) is 3.48. The fourth-order valence-corrected chi connectivity index (χ4v) is 2.91. The van der Waals surface area contributed by atoms with E-state index in [0.717, 1.165) is 24.7 Å². The van der Waals surface area contributed by atoms with Crippen molar-refractivity contribution in [3.8, 4) is 5.69 Å². The summed E-state index contributed by atoms with van der Waals surface area (Å²) < 4.78 is 2.09. The van der Waals surface area contributed by atoms with Crippen LogP contribution >= 0.6 is 0 Å². The molecule has 1 aliphatic rings. The lowest BCUT2D eigenvalue weighted by atomic mass is 10.1. The third-order valence-corrected chi connectivity index (χ3v) is 4.30. The molecule has 1 N–H and O–H groups in total. The van der Waals surface area contributed by atoms with Gasteiger partial charge in [-0.3, -0.25) is 0 Å². The van der Waals surface area contributed by atoms with Crippen LogP contribution in [0.25, 0.3) is 5.69 Å². The van der Waals surface area contributed by atoms with E-state index < -0.39 is 0 Å². The van der Waals surface area contributed by atoms with Crippen molar-refractivity contribution in [2.24, 2.45) is 0 Å². The molecule has 112 valence electrons. The zero-order chi connectivity index (χ0) is 14.8. The number of nitrogens with zero attached hydrogens (tertiary/aromatic N) is 2. The molecule has 1 fully saturated rings. The lowest BCUT2D eigenvalue weighted by molar-refractivity contribution is 0.644. The highest BCUT2D eigenvalue weighted by atomic mass is 15.3. The Labute approximate surface area is 127 Å². The Kier molecular flexibility index (Phi) is 4.11. The first-order valence-corrected chi connectivity index (χ1v) is 8.00. The first-order valence-electron chi connectivity index (χ1n) is 8.00. The van der Waals surface area contributed by atoms with Crippen molar-refractivity contribution in [3.63, 3.8) is 0 Å². The number of hydrogen-bond donors (Lipinski definition) is 1. The van der Waals surface area contributed by atoms with Crippen molar-refractivity contribution in [2.75, 3.05) is 6.54 Å². The van der Waals surface area contributed by atoms with Crippen LogP contribution in [0.2, 0.25) is 0 Å². The number of nitrogens with one attached hydrogen (secondary N) is 1. The molecule has 0 amide bonds. The molecule has 1 aromatic carbocycles. The van der Waals surface area contributed by atoms with Crippen LogP contribution in [0.3, 0.4) is 0 Å². The van der Waals surface area contributed by atoms with Gasteiger partial charge in [-0.05, 0) is 76.3 Å². The predicted molar refractivity (Wildman–Crippen MR) is 87.1 cm³/mol. The van der Waals surface area contributed by atoms with Crippen LogP contribution in [0.5, 0.6) is 0 Å². The van der Waals surface area contributed by atoms with Gasteiger partial charge in [0, 0.05) is 11.7 Å². The van der Waals surface area contributed by atoms with Crippen LogP contribution in [0.1, 0.15) is 41.8 Å². The van der Waals surface area contributed by atoms with E-state index in [1.54, 1.807) is 0 Å². The van der Waals surface area contributed by atoms with Gasteiger partial charge >= 0.3 is 0 Å². The Morgan fingerprint density at radius 3 is 2.76 bits per heavy atom. The van der Waals surface area contributed by atoms with E-state index in [1.165, 1.54) is 41.8 Å². The number of hydrogen-bond acceptors (Lipinski definition) is 2. The van der Waals surface area contributed by atoms with Crippen LogP contribution in [0, 0.1) is 20.8 Å². The smallest absolute Gasteiger partial charge is 0.0651 e. The molecule has 0 unspecified atom stereocenters. The average molecular weight is 283 g/mol. The van der Waals surface area contributed by atoms with Crippen molar-refractivity contribution in [1.82, 2.24) is 15.1 Å². The standard InChI is InChI=1S/C18H25N3/c1-13-6-4-7-17(12-13)21-15(3)18(14(2)20-21)8-5-11-19-16-9-10-16/h4,6-7,12,16,19H,5,8-11H2,1-3H3. The van der Waals surface area contributed by atoms with Gasteiger partial charge in [-0.25, -0.2) is 4.68 Å². The molecular formula is C18H25N3. The molecule has 1 saturated carbocycles. The molecular weight excluding hydrogens is 258 g/mol. The van der Waals surface area contributed by atoms with Gasteiger partial charge in [0.2, 0.25) is 0 Å². The molecule has 0 saturated heterocycles. The summed E-state index contributed by atoms with van der Waals surface area (Å²) in [6, 6.07) is 9.35. The zero-order valence-corrected chi connectivity index (χ0v) is 13.3. The van der Waals surface area contributed by atoms with Gasteiger partial charge in [0.1, 0.15) is 0 Å². The lowest BCUT2D eigenvalue weighted by Crippen LogP contribution is -2.18. The van der Waals surface area contributed by atoms with E-state index in [-0.39, 0.29) is 0 Å². The second kappa shape index (κ2) is 6.02. The Hall–Kier alpha value is -1.61. The van der Waals surface area contributed by atoms with Crippen molar-refractivity contribution in [1.29, 1.82) is 0 Å². The van der Waals surface area contributed by atoms with Crippen LogP contribution in [0.4, 0.5) is 0 Å². The fourth-order valence-electron chi connectivity index (χ4n) is 2.91. The lowest BCUT2D eigenvalue weighted by Gasteiger charge is -2.07. The van der Waals surface area contributed by atoms with E-state index in [1.807, 2.05) is 0 Å². The maximum absolute atomic E-state index is 4.74. The third-order valence-electron chi connectivity index (χ3n) is 4.30. The highest BCUT2D eigenvalue weighted by molar-refractivity contribution is 5.39. The van der Waals surface area contributed by atoms with Crippen LogP contribution < -0.4 is 5.32 Å². The molecule has 3 nitrogen and oxygen atoms in total. The first-order chi connectivity index (χ1) is 10.1. The number of aromatic nitrogens is 2. The SMILES string of the molecule is Cc1cccc(-n2nc(C)c(CCCNC3CC3)c2C)c1. The van der Waals surface area contributed by atoms with Crippen molar-refractivity contribution in [3.05, 3.63) is 46.8 Å². The quantitative estimate of drug-likeness (QED) is 0.823. The zero-order valence-electron chi connectivity index (χ0n) is 13.3. The average Bonchev–Trinajstić information content (AvgIpc) is 3.23. The van der Waals surface area contributed by atoms with Gasteiger partial charge in [-0.2, -0.15) is 5.10 Å². The molecule has 2 aromatic rings.